The Balaban J connectivity index is 2.15. The molecule has 1 aromatic carbocycles. The highest BCUT2D eigenvalue weighted by Gasteiger charge is 2.24. The van der Waals surface area contributed by atoms with Gasteiger partial charge in [-0.15, -0.1) is 0 Å². The van der Waals surface area contributed by atoms with Gasteiger partial charge in [-0.2, -0.15) is 0 Å². The van der Waals surface area contributed by atoms with Crippen LogP contribution in [0.2, 0.25) is 0 Å². The van der Waals surface area contributed by atoms with Crippen LogP contribution in [0, 0.1) is 0 Å². The predicted molar refractivity (Wildman–Crippen MR) is 106 cm³/mol. The molecule has 2 rings (SSSR count). The zero-order chi connectivity index (χ0) is 19.5. The molecule has 0 radical (unpaired) electrons. The maximum atomic E-state index is 12.0. The van der Waals surface area contributed by atoms with Crippen LogP contribution in [0.1, 0.15) is 33.6 Å². The number of nitrogens with one attached hydrogen (secondary N) is 1. The molecule has 0 atom stereocenters. The van der Waals surface area contributed by atoms with Crippen molar-refractivity contribution in [1.29, 1.82) is 0 Å². The third-order valence-corrected chi connectivity index (χ3v) is 4.52. The first-order chi connectivity index (χ1) is 12.1. The normalized spacial score (nSPS) is 15.9. The lowest BCUT2D eigenvalue weighted by Gasteiger charge is -2.37. The summed E-state index contributed by atoms with van der Waals surface area (Å²) in [6, 6.07) is 4.22. The molecule has 1 aromatic rings. The Morgan fingerprint density at radius 3 is 2.38 bits per heavy atom. The van der Waals surface area contributed by atoms with Crippen LogP contribution >= 0.6 is 0 Å². The van der Waals surface area contributed by atoms with Gasteiger partial charge in [0, 0.05) is 25.2 Å². The fourth-order valence-electron chi connectivity index (χ4n) is 3.16. The van der Waals surface area contributed by atoms with E-state index in [1.165, 1.54) is 0 Å². The summed E-state index contributed by atoms with van der Waals surface area (Å²) >= 11 is 0. The highest BCUT2D eigenvalue weighted by atomic mass is 16.6. The number of methoxy groups -OCH3 is 1. The molecule has 0 aliphatic carbocycles. The molecule has 1 saturated heterocycles. The van der Waals surface area contributed by atoms with Crippen LogP contribution in [0.4, 0.5) is 21.9 Å². The van der Waals surface area contributed by atoms with Crippen LogP contribution in [-0.2, 0) is 4.74 Å². The maximum Gasteiger partial charge on any atom is 0.412 e. The lowest BCUT2D eigenvalue weighted by atomic mass is 10.0. The summed E-state index contributed by atoms with van der Waals surface area (Å²) < 4.78 is 10.8. The van der Waals surface area contributed by atoms with Gasteiger partial charge >= 0.3 is 6.09 Å². The van der Waals surface area contributed by atoms with Crippen LogP contribution in [0.5, 0.6) is 5.75 Å². The second kappa shape index (κ2) is 8.03. The molecule has 7 nitrogen and oxygen atoms in total. The molecule has 1 aliphatic rings. The Morgan fingerprint density at radius 1 is 1.27 bits per heavy atom. The van der Waals surface area contributed by atoms with E-state index in [9.17, 15) is 4.79 Å². The minimum atomic E-state index is -0.570. The van der Waals surface area contributed by atoms with Crippen molar-refractivity contribution in [3.05, 3.63) is 12.1 Å². The molecule has 0 unspecified atom stereocenters. The molecule has 7 heteroatoms. The van der Waals surface area contributed by atoms with Crippen LogP contribution in [0.15, 0.2) is 12.1 Å². The number of carbonyl (C=O) groups excluding carboxylic acids is 1. The average Bonchev–Trinajstić information content (AvgIpc) is 2.53. The Hall–Kier alpha value is -2.15. The highest BCUT2D eigenvalue weighted by Crippen LogP contribution is 2.37. The fourth-order valence-corrected chi connectivity index (χ4v) is 3.16. The lowest BCUT2D eigenvalue weighted by Crippen LogP contribution is -2.42. The first-order valence-electron chi connectivity index (χ1n) is 8.99. The van der Waals surface area contributed by atoms with Gasteiger partial charge in [0.15, 0.2) is 0 Å². The van der Waals surface area contributed by atoms with E-state index < -0.39 is 11.7 Å². The molecule has 0 aromatic heterocycles. The molecule has 0 spiro atoms. The Bertz CT molecular complexity index is 632. The Labute approximate surface area is 156 Å². The Morgan fingerprint density at radius 2 is 1.88 bits per heavy atom. The standard InChI is InChI=1S/C19H32N4O3/c1-19(2,3)26-18(24)21-15-11-14(20)16(12-17(15)25-6)23-9-7-13(8-10-23)22(4)5/h11-13H,7-10,20H2,1-6H3,(H,21,24). The predicted octanol–water partition coefficient (Wildman–Crippen LogP) is 3.15. The molecule has 1 aliphatic heterocycles. The second-order valence-electron chi connectivity index (χ2n) is 7.92. The van der Waals surface area contributed by atoms with E-state index in [0.717, 1.165) is 31.6 Å². The number of rotatable bonds is 4. The van der Waals surface area contributed by atoms with E-state index in [1.54, 1.807) is 13.2 Å². The summed E-state index contributed by atoms with van der Waals surface area (Å²) in [6.07, 6.45) is 1.65. The van der Waals surface area contributed by atoms with Crippen molar-refractivity contribution < 1.29 is 14.3 Å². The first kappa shape index (κ1) is 20.2. The van der Waals surface area contributed by atoms with Crippen LogP contribution in [0.25, 0.3) is 0 Å². The molecular weight excluding hydrogens is 332 g/mol. The zero-order valence-electron chi connectivity index (χ0n) is 16.8. The van der Waals surface area contributed by atoms with E-state index in [4.69, 9.17) is 15.2 Å². The third-order valence-electron chi connectivity index (χ3n) is 4.52. The Kier molecular flexibility index (Phi) is 6.23. The molecule has 0 bridgehead atoms. The molecule has 26 heavy (non-hydrogen) atoms. The number of anilines is 3. The summed E-state index contributed by atoms with van der Waals surface area (Å²) in [5.41, 5.74) is 7.76. The van der Waals surface area contributed by atoms with Crippen LogP contribution in [-0.4, -0.2) is 56.9 Å². The smallest absolute Gasteiger partial charge is 0.412 e. The SMILES string of the molecule is COc1cc(N2CCC(N(C)C)CC2)c(N)cc1NC(=O)OC(C)(C)C. The number of hydrogen-bond donors (Lipinski definition) is 2. The van der Waals surface area contributed by atoms with E-state index in [-0.39, 0.29) is 0 Å². The second-order valence-corrected chi connectivity index (χ2v) is 7.92. The first-order valence-corrected chi connectivity index (χ1v) is 8.99. The lowest BCUT2D eigenvalue weighted by molar-refractivity contribution is 0.0635. The van der Waals surface area contributed by atoms with Crippen LogP contribution in [0.3, 0.4) is 0 Å². The van der Waals surface area contributed by atoms with Gasteiger partial charge in [-0.1, -0.05) is 0 Å². The van der Waals surface area contributed by atoms with Gasteiger partial charge in [0.2, 0.25) is 0 Å². The number of nitrogens with zero attached hydrogens (tertiary/aromatic N) is 2. The van der Waals surface area contributed by atoms with Gasteiger partial charge in [0.05, 0.1) is 24.2 Å². The molecule has 3 N–H and O–H groups in total. The summed E-state index contributed by atoms with van der Waals surface area (Å²) in [5.74, 6) is 0.565. The van der Waals surface area contributed by atoms with Crippen molar-refractivity contribution in [2.24, 2.45) is 0 Å². The van der Waals surface area contributed by atoms with Gasteiger partial charge < -0.3 is 25.0 Å². The quantitative estimate of drug-likeness (QED) is 0.799. The topological polar surface area (TPSA) is 80.1 Å². The van der Waals surface area contributed by atoms with Crippen molar-refractivity contribution in [2.45, 2.75) is 45.3 Å². The summed E-state index contributed by atoms with van der Waals surface area (Å²) in [7, 11) is 5.82. The van der Waals surface area contributed by atoms with Crippen molar-refractivity contribution in [2.75, 3.05) is 50.2 Å². The number of amides is 1. The van der Waals surface area contributed by atoms with E-state index >= 15 is 0 Å². The summed E-state index contributed by atoms with van der Waals surface area (Å²) in [6.45, 7) is 7.33. The number of benzene rings is 1. The number of nitrogen functional groups attached to an aromatic ring is 1. The van der Waals surface area contributed by atoms with E-state index in [2.05, 4.69) is 29.2 Å². The fraction of sp³-hybridized carbons (Fsp3) is 0.632. The van der Waals surface area contributed by atoms with Gasteiger partial charge in [-0.05, 0) is 53.8 Å². The van der Waals surface area contributed by atoms with Crippen molar-refractivity contribution >= 4 is 23.2 Å². The largest absolute Gasteiger partial charge is 0.494 e. The summed E-state index contributed by atoms with van der Waals surface area (Å²) in [4.78, 5) is 16.6. The van der Waals surface area contributed by atoms with Gasteiger partial charge in [-0.3, -0.25) is 5.32 Å². The van der Waals surface area contributed by atoms with E-state index in [0.29, 0.717) is 23.2 Å². The maximum absolute atomic E-state index is 12.0. The van der Waals surface area contributed by atoms with Gasteiger partial charge in [-0.25, -0.2) is 4.79 Å². The molecule has 1 amide bonds. The average molecular weight is 364 g/mol. The van der Waals surface area contributed by atoms with Crippen molar-refractivity contribution in [3.63, 3.8) is 0 Å². The molecule has 1 fully saturated rings. The number of nitrogens with two attached hydrogens (primary N) is 1. The minimum absolute atomic E-state index is 0.506. The van der Waals surface area contributed by atoms with Gasteiger partial charge in [0.25, 0.3) is 0 Å². The molecule has 1 heterocycles. The minimum Gasteiger partial charge on any atom is -0.494 e. The molecule has 0 saturated carbocycles. The third kappa shape index (κ3) is 5.17. The summed E-state index contributed by atoms with van der Waals surface area (Å²) in [5, 5.41) is 2.72. The molecular formula is C19H32N4O3. The monoisotopic (exact) mass is 364 g/mol. The van der Waals surface area contributed by atoms with Crippen molar-refractivity contribution in [1.82, 2.24) is 4.90 Å². The zero-order valence-corrected chi connectivity index (χ0v) is 16.8. The number of piperidine rings is 1. The number of ether oxygens (including phenoxy) is 2. The van der Waals surface area contributed by atoms with Crippen LogP contribution < -0.4 is 20.7 Å². The van der Waals surface area contributed by atoms with Crippen molar-refractivity contribution in [3.8, 4) is 5.75 Å². The van der Waals surface area contributed by atoms with E-state index in [1.807, 2.05) is 26.8 Å². The molecule has 146 valence electrons. The number of carbonyl (C=O) groups is 1. The van der Waals surface area contributed by atoms with Gasteiger partial charge in [0.1, 0.15) is 11.4 Å². The number of hydrogen-bond acceptors (Lipinski definition) is 6. The highest BCUT2D eigenvalue weighted by molar-refractivity contribution is 5.90.